The summed E-state index contributed by atoms with van der Waals surface area (Å²) in [6.07, 6.45) is 7.03. The normalized spacial score (nSPS) is 16.4. The van der Waals surface area contributed by atoms with E-state index >= 15 is 0 Å². The van der Waals surface area contributed by atoms with Crippen molar-refractivity contribution in [3.63, 3.8) is 0 Å². The highest BCUT2D eigenvalue weighted by molar-refractivity contribution is 5.97. The van der Waals surface area contributed by atoms with Crippen LogP contribution < -0.4 is 14.5 Å². The number of anilines is 2. The van der Waals surface area contributed by atoms with Gasteiger partial charge in [-0.25, -0.2) is 0 Å². The molecule has 1 aromatic heterocycles. The number of rotatable bonds is 6. The van der Waals surface area contributed by atoms with Crippen LogP contribution in [0.3, 0.4) is 0 Å². The minimum absolute atomic E-state index is 0.0232. The lowest BCUT2D eigenvalue weighted by Gasteiger charge is -2.38. The average Bonchev–Trinajstić information content (AvgIpc) is 3.55. The lowest BCUT2D eigenvalue weighted by molar-refractivity contribution is -0.126. The SMILES string of the molecule is CC#N.CN1CCCC1.COC/C=C/C(=O)N1CCN(c2nc(OC)nc3c2CCN(c2cccc4cccc(C)c24)C3)CC1. The maximum Gasteiger partial charge on any atom is 0.318 e. The number of nitrogens with zero attached hydrogens (tertiary/aromatic N) is 7. The number of nitriles is 1. The summed E-state index contributed by atoms with van der Waals surface area (Å²) in [5, 5.41) is 9.87. The van der Waals surface area contributed by atoms with Crippen molar-refractivity contribution in [1.82, 2.24) is 19.8 Å². The van der Waals surface area contributed by atoms with E-state index in [9.17, 15) is 4.79 Å². The van der Waals surface area contributed by atoms with Crippen LogP contribution in [0.4, 0.5) is 11.5 Å². The maximum atomic E-state index is 12.5. The first kappa shape index (κ1) is 33.7. The molecule has 4 heterocycles. The Bertz CT molecular complexity index is 1480. The molecule has 0 radical (unpaired) electrons. The molecule has 10 heteroatoms. The third-order valence-corrected chi connectivity index (χ3v) is 8.38. The quantitative estimate of drug-likeness (QED) is 0.370. The molecule has 2 saturated heterocycles. The zero-order valence-electron chi connectivity index (χ0n) is 27.5. The highest BCUT2D eigenvalue weighted by atomic mass is 16.5. The van der Waals surface area contributed by atoms with Crippen LogP contribution in [0.25, 0.3) is 10.8 Å². The molecule has 0 atom stereocenters. The standard InChI is InChI=1S/C28H33N5O3.C5H11N.C2H3N/c1-20-7-4-8-21-9-5-10-24(26(20)21)33-13-12-22-23(19-33)29-28(36-3)30-27(22)32-16-14-31(15-17-32)25(34)11-6-18-35-2;1-6-4-2-3-5-6;1-2-3/h4-11H,12-19H2,1-3H3;2-5H2,1H3;1H3/b11-6+;;. The molecular formula is C35H47N7O3. The van der Waals surface area contributed by atoms with Gasteiger partial charge < -0.3 is 29.1 Å². The maximum absolute atomic E-state index is 12.5. The third kappa shape index (κ3) is 8.71. The largest absolute Gasteiger partial charge is 0.467 e. The van der Waals surface area contributed by atoms with Gasteiger partial charge in [-0.3, -0.25) is 4.79 Å². The van der Waals surface area contributed by atoms with Gasteiger partial charge >= 0.3 is 6.01 Å². The van der Waals surface area contributed by atoms with Gasteiger partial charge in [0.05, 0.1) is 32.0 Å². The highest BCUT2D eigenvalue weighted by Gasteiger charge is 2.29. The fourth-order valence-corrected chi connectivity index (χ4v) is 6.08. The number of fused-ring (bicyclic) bond motifs is 2. The lowest BCUT2D eigenvalue weighted by atomic mass is 9.99. The zero-order chi connectivity index (χ0) is 32.2. The number of aryl methyl sites for hydroxylation is 1. The molecule has 3 aliphatic heterocycles. The van der Waals surface area contributed by atoms with Crippen molar-refractivity contribution >= 4 is 28.2 Å². The van der Waals surface area contributed by atoms with Crippen molar-refractivity contribution in [3.05, 3.63) is 65.4 Å². The number of hydrogen-bond donors (Lipinski definition) is 0. The Morgan fingerprint density at radius 2 is 1.67 bits per heavy atom. The van der Waals surface area contributed by atoms with E-state index in [-0.39, 0.29) is 5.91 Å². The Morgan fingerprint density at radius 3 is 2.29 bits per heavy atom. The summed E-state index contributed by atoms with van der Waals surface area (Å²) in [6.45, 7) is 11.0. The third-order valence-electron chi connectivity index (χ3n) is 8.38. The Morgan fingerprint density at radius 1 is 0.978 bits per heavy atom. The van der Waals surface area contributed by atoms with E-state index in [0.29, 0.717) is 32.3 Å². The average molecular weight is 614 g/mol. The number of aromatic nitrogens is 2. The van der Waals surface area contributed by atoms with Gasteiger partial charge in [0, 0.05) is 69.5 Å². The molecule has 1 amide bonds. The monoisotopic (exact) mass is 613 g/mol. The summed E-state index contributed by atoms with van der Waals surface area (Å²) in [5.74, 6) is 0.961. The Kier molecular flexibility index (Phi) is 12.5. The fourth-order valence-electron chi connectivity index (χ4n) is 6.08. The molecule has 3 aromatic rings. The van der Waals surface area contributed by atoms with E-state index in [0.717, 1.165) is 37.6 Å². The zero-order valence-corrected chi connectivity index (χ0v) is 27.5. The van der Waals surface area contributed by atoms with Crippen molar-refractivity contribution in [2.24, 2.45) is 0 Å². The van der Waals surface area contributed by atoms with E-state index in [2.05, 4.69) is 65.1 Å². The van der Waals surface area contributed by atoms with Crippen LogP contribution in [0, 0.1) is 18.3 Å². The van der Waals surface area contributed by atoms with Crippen LogP contribution in [-0.4, -0.2) is 99.4 Å². The molecule has 10 nitrogen and oxygen atoms in total. The second-order valence-corrected chi connectivity index (χ2v) is 11.5. The Labute approximate surface area is 267 Å². The number of carbonyl (C=O) groups excluding carboxylic acids is 1. The smallest absolute Gasteiger partial charge is 0.318 e. The number of likely N-dealkylation sites (tertiary alicyclic amines) is 1. The summed E-state index contributed by atoms with van der Waals surface area (Å²) in [5.41, 5.74) is 4.71. The molecule has 0 spiro atoms. The fraction of sp³-hybridized carbons (Fsp3) is 0.486. The number of benzene rings is 2. The molecule has 0 saturated carbocycles. The number of hydrogen-bond acceptors (Lipinski definition) is 9. The van der Waals surface area contributed by atoms with Crippen LogP contribution in [0.15, 0.2) is 48.6 Å². The molecule has 0 bridgehead atoms. The predicted octanol–water partition coefficient (Wildman–Crippen LogP) is 4.60. The summed E-state index contributed by atoms with van der Waals surface area (Å²) in [7, 11) is 5.41. The first-order valence-corrected chi connectivity index (χ1v) is 15.8. The van der Waals surface area contributed by atoms with E-state index in [1.54, 1.807) is 32.4 Å². The summed E-state index contributed by atoms with van der Waals surface area (Å²) in [4.78, 5) is 30.9. The van der Waals surface area contributed by atoms with E-state index < -0.39 is 0 Å². The topological polar surface area (TPSA) is 98.1 Å². The van der Waals surface area contributed by atoms with E-state index in [1.807, 2.05) is 4.90 Å². The molecule has 240 valence electrons. The molecule has 0 aliphatic carbocycles. The number of methoxy groups -OCH3 is 2. The van der Waals surface area contributed by atoms with Crippen LogP contribution in [-0.2, 0) is 22.5 Å². The first-order chi connectivity index (χ1) is 21.9. The van der Waals surface area contributed by atoms with Gasteiger partial charge in [0.2, 0.25) is 5.91 Å². The first-order valence-electron chi connectivity index (χ1n) is 15.8. The van der Waals surface area contributed by atoms with Gasteiger partial charge in [-0.1, -0.05) is 36.4 Å². The highest BCUT2D eigenvalue weighted by Crippen LogP contribution is 2.35. The van der Waals surface area contributed by atoms with Crippen LogP contribution in [0.2, 0.25) is 0 Å². The van der Waals surface area contributed by atoms with Crippen molar-refractivity contribution in [2.45, 2.75) is 39.7 Å². The lowest BCUT2D eigenvalue weighted by Crippen LogP contribution is -2.49. The van der Waals surface area contributed by atoms with Gasteiger partial charge in [0.1, 0.15) is 5.82 Å². The van der Waals surface area contributed by atoms with Crippen molar-refractivity contribution in [2.75, 3.05) is 83.5 Å². The van der Waals surface area contributed by atoms with Gasteiger partial charge in [-0.15, -0.1) is 0 Å². The Hall–Kier alpha value is -4.20. The van der Waals surface area contributed by atoms with E-state index in [1.165, 1.54) is 60.4 Å². The van der Waals surface area contributed by atoms with Gasteiger partial charge in [0.25, 0.3) is 0 Å². The van der Waals surface area contributed by atoms with E-state index in [4.69, 9.17) is 24.7 Å². The summed E-state index contributed by atoms with van der Waals surface area (Å²) < 4.78 is 10.5. The molecule has 45 heavy (non-hydrogen) atoms. The van der Waals surface area contributed by atoms with Crippen molar-refractivity contribution < 1.29 is 14.3 Å². The van der Waals surface area contributed by atoms with Gasteiger partial charge in [0.15, 0.2) is 0 Å². The number of carbonyl (C=O) groups is 1. The van der Waals surface area contributed by atoms with Crippen LogP contribution in [0.5, 0.6) is 6.01 Å². The molecular weight excluding hydrogens is 566 g/mol. The minimum Gasteiger partial charge on any atom is -0.467 e. The summed E-state index contributed by atoms with van der Waals surface area (Å²) >= 11 is 0. The van der Waals surface area contributed by atoms with Crippen molar-refractivity contribution in [3.8, 4) is 12.1 Å². The second-order valence-electron chi connectivity index (χ2n) is 11.5. The molecule has 2 fully saturated rings. The molecule has 2 aromatic carbocycles. The Balaban J connectivity index is 0.000000446. The number of amides is 1. The van der Waals surface area contributed by atoms with Gasteiger partial charge in [-0.2, -0.15) is 15.2 Å². The molecule has 0 unspecified atom stereocenters. The van der Waals surface area contributed by atoms with Gasteiger partial charge in [-0.05, 0) is 63.3 Å². The van der Waals surface area contributed by atoms with Crippen molar-refractivity contribution in [1.29, 1.82) is 5.26 Å². The molecule has 3 aliphatic rings. The predicted molar refractivity (Wildman–Crippen MR) is 180 cm³/mol. The number of ether oxygens (including phenoxy) is 2. The molecule has 0 N–H and O–H groups in total. The van der Waals surface area contributed by atoms with Crippen LogP contribution in [0.1, 0.15) is 36.6 Å². The second kappa shape index (κ2) is 16.8. The summed E-state index contributed by atoms with van der Waals surface area (Å²) in [6, 6.07) is 15.1. The number of piperazine rings is 1. The van der Waals surface area contributed by atoms with Crippen LogP contribution >= 0.6 is 0 Å². The molecule has 6 rings (SSSR count). The minimum atomic E-state index is 0.0232.